The van der Waals surface area contributed by atoms with E-state index in [1.165, 1.54) is 23.5 Å². The van der Waals surface area contributed by atoms with Gasteiger partial charge in [-0.05, 0) is 41.8 Å². The van der Waals surface area contributed by atoms with E-state index in [0.717, 1.165) is 17.0 Å². The Morgan fingerprint density at radius 1 is 1.35 bits per heavy atom. The number of hydrogen-bond acceptors (Lipinski definition) is 3. The molecule has 0 amide bonds. The van der Waals surface area contributed by atoms with E-state index in [0.29, 0.717) is 0 Å². The second-order valence-corrected chi connectivity index (χ2v) is 4.35. The van der Waals surface area contributed by atoms with Crippen molar-refractivity contribution in [3.05, 3.63) is 58.0 Å². The fourth-order valence-corrected chi connectivity index (χ4v) is 1.96. The fraction of sp³-hybridized carbons (Fsp3) is 0. The number of carbonyl (C=O) groups excluding carboxylic acids is 1. The zero-order valence-corrected chi connectivity index (χ0v) is 9.58. The standard InChI is InChI=1S/C13H9FO2S/c14-9-3-5-12(15)11(8-9)13(16)6-4-10-2-1-7-17-10/h1-8,15H. The summed E-state index contributed by atoms with van der Waals surface area (Å²) in [5, 5.41) is 11.3. The molecule has 0 aliphatic carbocycles. The second kappa shape index (κ2) is 4.93. The van der Waals surface area contributed by atoms with E-state index in [2.05, 4.69) is 0 Å². The van der Waals surface area contributed by atoms with E-state index in [1.807, 2.05) is 17.5 Å². The van der Waals surface area contributed by atoms with Gasteiger partial charge in [-0.15, -0.1) is 11.3 Å². The summed E-state index contributed by atoms with van der Waals surface area (Å²) in [5.41, 5.74) is -0.0298. The van der Waals surface area contributed by atoms with Crippen LogP contribution < -0.4 is 0 Å². The number of carbonyl (C=O) groups is 1. The highest BCUT2D eigenvalue weighted by Crippen LogP contribution is 2.19. The summed E-state index contributed by atoms with van der Waals surface area (Å²) in [6.45, 7) is 0. The number of rotatable bonds is 3. The number of phenolic OH excluding ortho intramolecular Hbond substituents is 1. The number of halogens is 1. The van der Waals surface area contributed by atoms with Crippen molar-refractivity contribution < 1.29 is 14.3 Å². The van der Waals surface area contributed by atoms with Gasteiger partial charge in [0.15, 0.2) is 5.78 Å². The van der Waals surface area contributed by atoms with Crippen molar-refractivity contribution in [3.63, 3.8) is 0 Å². The maximum Gasteiger partial charge on any atom is 0.189 e. The van der Waals surface area contributed by atoms with Crippen molar-refractivity contribution in [2.45, 2.75) is 0 Å². The van der Waals surface area contributed by atoms with Crippen molar-refractivity contribution in [2.24, 2.45) is 0 Å². The van der Waals surface area contributed by atoms with Crippen LogP contribution in [0.5, 0.6) is 5.75 Å². The molecule has 0 unspecified atom stereocenters. The number of benzene rings is 1. The van der Waals surface area contributed by atoms with Crippen LogP contribution in [0.1, 0.15) is 15.2 Å². The molecule has 1 heterocycles. The first-order chi connectivity index (χ1) is 8.16. The zero-order valence-electron chi connectivity index (χ0n) is 8.76. The molecule has 1 aromatic carbocycles. The van der Waals surface area contributed by atoms with Crippen LogP contribution in [0.4, 0.5) is 4.39 Å². The quantitative estimate of drug-likeness (QED) is 0.667. The lowest BCUT2D eigenvalue weighted by atomic mass is 10.1. The molecular weight excluding hydrogens is 239 g/mol. The van der Waals surface area contributed by atoms with Crippen molar-refractivity contribution in [2.75, 3.05) is 0 Å². The second-order valence-electron chi connectivity index (χ2n) is 3.37. The number of thiophene rings is 1. The summed E-state index contributed by atoms with van der Waals surface area (Å²) in [4.78, 5) is 12.6. The van der Waals surface area contributed by atoms with Gasteiger partial charge in [-0.2, -0.15) is 0 Å². The Morgan fingerprint density at radius 2 is 2.18 bits per heavy atom. The van der Waals surface area contributed by atoms with Crippen LogP contribution in [0, 0.1) is 5.82 Å². The summed E-state index contributed by atoms with van der Waals surface area (Å²) >= 11 is 1.49. The normalized spacial score (nSPS) is 10.9. The molecule has 2 rings (SSSR count). The molecule has 0 spiro atoms. The lowest BCUT2D eigenvalue weighted by Crippen LogP contribution is -1.95. The summed E-state index contributed by atoms with van der Waals surface area (Å²) < 4.78 is 12.9. The van der Waals surface area contributed by atoms with Crippen LogP contribution in [-0.4, -0.2) is 10.9 Å². The minimum absolute atomic E-state index is 0.0298. The third-order valence-electron chi connectivity index (χ3n) is 2.17. The van der Waals surface area contributed by atoms with Crippen molar-refractivity contribution in [1.29, 1.82) is 0 Å². The molecule has 17 heavy (non-hydrogen) atoms. The summed E-state index contributed by atoms with van der Waals surface area (Å²) in [7, 11) is 0. The average Bonchev–Trinajstić information content (AvgIpc) is 2.82. The highest BCUT2D eigenvalue weighted by Gasteiger charge is 2.09. The highest BCUT2D eigenvalue weighted by atomic mass is 32.1. The largest absolute Gasteiger partial charge is 0.507 e. The highest BCUT2D eigenvalue weighted by molar-refractivity contribution is 7.10. The van der Waals surface area contributed by atoms with Crippen LogP contribution in [0.2, 0.25) is 0 Å². The van der Waals surface area contributed by atoms with Gasteiger partial charge in [0.25, 0.3) is 0 Å². The van der Waals surface area contributed by atoms with Crippen LogP contribution in [0.3, 0.4) is 0 Å². The van der Waals surface area contributed by atoms with Crippen LogP contribution in [-0.2, 0) is 0 Å². The van der Waals surface area contributed by atoms with E-state index in [1.54, 1.807) is 6.08 Å². The third-order valence-corrected chi connectivity index (χ3v) is 3.00. The van der Waals surface area contributed by atoms with Crippen molar-refractivity contribution in [1.82, 2.24) is 0 Å². The summed E-state index contributed by atoms with van der Waals surface area (Å²) in [6.07, 6.45) is 2.96. The Hall–Kier alpha value is -1.94. The molecule has 0 bridgehead atoms. The van der Waals surface area contributed by atoms with E-state index in [4.69, 9.17) is 0 Å². The van der Waals surface area contributed by atoms with Crippen LogP contribution in [0.25, 0.3) is 6.08 Å². The van der Waals surface area contributed by atoms with Gasteiger partial charge in [0.2, 0.25) is 0 Å². The van der Waals surface area contributed by atoms with Gasteiger partial charge < -0.3 is 5.11 Å². The maximum absolute atomic E-state index is 12.9. The van der Waals surface area contributed by atoms with Gasteiger partial charge in [0.1, 0.15) is 11.6 Å². The molecule has 0 fully saturated rings. The van der Waals surface area contributed by atoms with Crippen LogP contribution >= 0.6 is 11.3 Å². The predicted molar refractivity (Wildman–Crippen MR) is 65.7 cm³/mol. The summed E-state index contributed by atoms with van der Waals surface area (Å²) in [5.74, 6) is -1.18. The van der Waals surface area contributed by atoms with Crippen molar-refractivity contribution >= 4 is 23.2 Å². The van der Waals surface area contributed by atoms with Gasteiger partial charge in [-0.25, -0.2) is 4.39 Å². The maximum atomic E-state index is 12.9. The lowest BCUT2D eigenvalue weighted by molar-refractivity contribution is 0.104. The predicted octanol–water partition coefficient (Wildman–Crippen LogP) is 3.49. The van der Waals surface area contributed by atoms with E-state index >= 15 is 0 Å². The number of hydrogen-bond donors (Lipinski definition) is 1. The summed E-state index contributed by atoms with van der Waals surface area (Å²) in [6, 6.07) is 7.03. The van der Waals surface area contributed by atoms with Gasteiger partial charge in [-0.3, -0.25) is 4.79 Å². The van der Waals surface area contributed by atoms with Crippen LogP contribution in [0.15, 0.2) is 41.8 Å². The molecule has 4 heteroatoms. The number of phenols is 1. The van der Waals surface area contributed by atoms with Gasteiger partial charge in [-0.1, -0.05) is 6.07 Å². The average molecular weight is 248 g/mol. The number of allylic oxidation sites excluding steroid dienone is 1. The molecule has 2 nitrogen and oxygen atoms in total. The Bertz CT molecular complexity index is 559. The molecule has 0 aliphatic rings. The smallest absolute Gasteiger partial charge is 0.189 e. The van der Waals surface area contributed by atoms with Gasteiger partial charge in [0.05, 0.1) is 5.56 Å². The topological polar surface area (TPSA) is 37.3 Å². The first-order valence-corrected chi connectivity index (χ1v) is 5.79. The zero-order chi connectivity index (χ0) is 12.3. The van der Waals surface area contributed by atoms with E-state index < -0.39 is 11.6 Å². The first kappa shape index (κ1) is 11.5. The minimum atomic E-state index is -0.546. The molecule has 2 aromatic rings. The fourth-order valence-electron chi connectivity index (χ4n) is 1.34. The van der Waals surface area contributed by atoms with E-state index in [-0.39, 0.29) is 11.3 Å². The van der Waals surface area contributed by atoms with Gasteiger partial charge in [0, 0.05) is 4.88 Å². The monoisotopic (exact) mass is 248 g/mol. The Kier molecular flexibility index (Phi) is 3.35. The Balaban J connectivity index is 2.23. The molecule has 0 aliphatic heterocycles. The molecule has 0 atom stereocenters. The molecule has 0 saturated heterocycles. The molecule has 1 aromatic heterocycles. The minimum Gasteiger partial charge on any atom is -0.507 e. The molecule has 0 radical (unpaired) electrons. The number of ketones is 1. The van der Waals surface area contributed by atoms with E-state index in [9.17, 15) is 14.3 Å². The lowest BCUT2D eigenvalue weighted by Gasteiger charge is -1.99. The SMILES string of the molecule is O=C(C=Cc1cccs1)c1cc(F)ccc1O. The van der Waals surface area contributed by atoms with Crippen molar-refractivity contribution in [3.8, 4) is 5.75 Å². The Morgan fingerprint density at radius 3 is 2.88 bits per heavy atom. The van der Waals surface area contributed by atoms with Gasteiger partial charge >= 0.3 is 0 Å². The molecular formula is C13H9FO2S. The number of aromatic hydroxyl groups is 1. The molecule has 86 valence electrons. The Labute approximate surface area is 102 Å². The molecule has 1 N–H and O–H groups in total. The third kappa shape index (κ3) is 2.79. The molecule has 0 saturated carbocycles. The first-order valence-electron chi connectivity index (χ1n) is 4.91.